The standard InChI is InChI=1S/C7H13O13P3/c1-2-7(5-6(8)9,18-22(13,14)15)3-4-17-23(16,20-19-10)21(11)12/h2,10H,1,3-5H2,(H,8,9)(H2,13,14,15). The first-order valence-corrected chi connectivity index (χ1v) is 10.4. The molecule has 0 fully saturated rings. The Bertz CT molecular complexity index is 540. The monoisotopic (exact) mass is 398 g/mol. The SMILES string of the molecule is C=CC(CCOP(=O)(OOO)[P+](=O)[O-])(CC(=O)O)OP(=O)(O)O. The number of phosphoric acid groups is 1. The van der Waals surface area contributed by atoms with Crippen molar-refractivity contribution >= 4 is 28.8 Å². The van der Waals surface area contributed by atoms with E-state index >= 15 is 0 Å². The summed E-state index contributed by atoms with van der Waals surface area (Å²) >= 11 is 0. The van der Waals surface area contributed by atoms with Gasteiger partial charge in [-0.15, -0.1) is 6.58 Å². The Morgan fingerprint density at radius 1 is 1.39 bits per heavy atom. The Hall–Kier alpha value is -0.550. The number of hydrogen-bond donors (Lipinski definition) is 4. The van der Waals surface area contributed by atoms with Gasteiger partial charge in [0.05, 0.1) is 13.0 Å². The average Bonchev–Trinajstić information content (AvgIpc) is 2.35. The number of phosphoric ester groups is 1. The highest BCUT2D eigenvalue weighted by Crippen LogP contribution is 2.66. The van der Waals surface area contributed by atoms with E-state index in [9.17, 15) is 23.4 Å². The third kappa shape index (κ3) is 8.20. The van der Waals surface area contributed by atoms with Crippen LogP contribution in [0.2, 0.25) is 0 Å². The van der Waals surface area contributed by atoms with Crippen molar-refractivity contribution in [1.82, 2.24) is 0 Å². The van der Waals surface area contributed by atoms with Gasteiger partial charge in [0, 0.05) is 6.42 Å². The molecule has 0 aromatic heterocycles. The number of aliphatic carboxylic acids is 1. The van der Waals surface area contributed by atoms with E-state index in [1.807, 2.05) is 0 Å². The molecule has 0 aliphatic heterocycles. The van der Waals surface area contributed by atoms with Gasteiger partial charge in [0.25, 0.3) is 0 Å². The Balaban J connectivity index is 5.14. The van der Waals surface area contributed by atoms with E-state index in [1.54, 1.807) is 0 Å². The van der Waals surface area contributed by atoms with Gasteiger partial charge >= 0.3 is 28.8 Å². The molecular weight excluding hydrogens is 385 g/mol. The van der Waals surface area contributed by atoms with Crippen molar-refractivity contribution in [3.8, 4) is 0 Å². The zero-order valence-electron chi connectivity index (χ0n) is 11.2. The summed E-state index contributed by atoms with van der Waals surface area (Å²) in [6.07, 6.45) is -0.874. The minimum absolute atomic E-state index is 0.671. The third-order valence-electron chi connectivity index (χ3n) is 2.23. The van der Waals surface area contributed by atoms with Crippen molar-refractivity contribution in [1.29, 1.82) is 0 Å². The van der Waals surface area contributed by atoms with Crippen molar-refractivity contribution in [3.63, 3.8) is 0 Å². The second kappa shape index (κ2) is 9.07. The van der Waals surface area contributed by atoms with E-state index in [4.69, 9.17) is 20.2 Å². The molecule has 16 heteroatoms. The molecule has 0 amide bonds. The molecule has 0 heterocycles. The zero-order valence-corrected chi connectivity index (χ0v) is 13.9. The number of carboxylic acid groups (broad SMARTS) is 1. The zero-order chi connectivity index (χ0) is 18.3. The molecule has 0 aromatic carbocycles. The van der Waals surface area contributed by atoms with Crippen LogP contribution in [0.25, 0.3) is 0 Å². The Morgan fingerprint density at radius 3 is 2.30 bits per heavy atom. The second-order valence-corrected chi connectivity index (χ2v) is 9.29. The normalized spacial score (nSPS) is 17.8. The smallest absolute Gasteiger partial charge is 0.587 e. The molecule has 0 saturated heterocycles. The minimum Gasteiger partial charge on any atom is -0.587 e. The number of hydrogen-bond acceptors (Lipinski definition) is 10. The van der Waals surface area contributed by atoms with Gasteiger partial charge in [-0.25, -0.2) is 14.4 Å². The third-order valence-corrected chi connectivity index (χ3v) is 5.74. The molecule has 0 aliphatic carbocycles. The van der Waals surface area contributed by atoms with Crippen LogP contribution in [0.1, 0.15) is 12.8 Å². The highest BCUT2D eigenvalue weighted by atomic mass is 32.1. The number of carbonyl (C=O) groups is 1. The van der Waals surface area contributed by atoms with Crippen molar-refractivity contribution in [2.75, 3.05) is 6.61 Å². The molecule has 4 N–H and O–H groups in total. The largest absolute Gasteiger partial charge is 0.596 e. The maximum absolute atomic E-state index is 11.5. The van der Waals surface area contributed by atoms with Crippen molar-refractivity contribution < 1.29 is 62.3 Å². The lowest BCUT2D eigenvalue weighted by atomic mass is 9.96. The molecule has 13 nitrogen and oxygen atoms in total. The first-order valence-electron chi connectivity index (χ1n) is 5.41. The molecule has 134 valence electrons. The summed E-state index contributed by atoms with van der Waals surface area (Å²) in [4.78, 5) is 39.1. The van der Waals surface area contributed by atoms with Gasteiger partial charge < -0.3 is 19.8 Å². The average molecular weight is 398 g/mol. The van der Waals surface area contributed by atoms with E-state index in [2.05, 4.69) is 25.3 Å². The fourth-order valence-electron chi connectivity index (χ4n) is 1.34. The molecule has 0 radical (unpaired) electrons. The van der Waals surface area contributed by atoms with Crippen molar-refractivity contribution in [3.05, 3.63) is 12.7 Å². The van der Waals surface area contributed by atoms with Crippen LogP contribution >= 0.6 is 22.8 Å². The fourth-order valence-corrected chi connectivity index (χ4v) is 3.42. The molecular formula is C7H13O13P3. The van der Waals surface area contributed by atoms with Crippen LogP contribution in [0, 0.1) is 0 Å². The molecule has 0 spiro atoms. The van der Waals surface area contributed by atoms with Gasteiger partial charge in [0.1, 0.15) is 5.60 Å². The van der Waals surface area contributed by atoms with Crippen molar-refractivity contribution in [2.45, 2.75) is 18.4 Å². The van der Waals surface area contributed by atoms with E-state index in [0.717, 1.165) is 6.08 Å². The molecule has 23 heavy (non-hydrogen) atoms. The summed E-state index contributed by atoms with van der Waals surface area (Å²) in [5.74, 6) is -1.52. The maximum Gasteiger partial charge on any atom is 0.596 e. The second-order valence-electron chi connectivity index (χ2n) is 3.86. The van der Waals surface area contributed by atoms with Crippen LogP contribution in [0.15, 0.2) is 12.7 Å². The quantitative estimate of drug-likeness (QED) is 0.153. The van der Waals surface area contributed by atoms with E-state index in [-0.39, 0.29) is 0 Å². The first-order chi connectivity index (χ1) is 10.4. The van der Waals surface area contributed by atoms with Crippen LogP contribution in [-0.2, 0) is 37.2 Å². The minimum atomic E-state index is -5.15. The maximum atomic E-state index is 11.5. The lowest BCUT2D eigenvalue weighted by Crippen LogP contribution is -2.33. The summed E-state index contributed by atoms with van der Waals surface area (Å²) < 4.78 is 45.4. The Kier molecular flexibility index (Phi) is 8.85. The Labute approximate surface area is 129 Å². The summed E-state index contributed by atoms with van der Waals surface area (Å²) in [6, 6.07) is 0. The van der Waals surface area contributed by atoms with Gasteiger partial charge in [0.2, 0.25) is 0 Å². The van der Waals surface area contributed by atoms with Gasteiger partial charge in [-0.05, 0) is 0 Å². The lowest BCUT2D eigenvalue weighted by molar-refractivity contribution is -0.442. The van der Waals surface area contributed by atoms with Crippen molar-refractivity contribution in [2.24, 2.45) is 0 Å². The summed E-state index contributed by atoms with van der Waals surface area (Å²) in [7, 11) is -13.9. The summed E-state index contributed by atoms with van der Waals surface area (Å²) in [6.45, 7) is 2.33. The molecule has 3 atom stereocenters. The van der Waals surface area contributed by atoms with Gasteiger partial charge in [-0.2, -0.15) is 0 Å². The summed E-state index contributed by atoms with van der Waals surface area (Å²) in [5, 5.41) is 19.7. The van der Waals surface area contributed by atoms with Crippen LogP contribution in [0.4, 0.5) is 0 Å². The number of carboxylic acids is 1. The highest BCUT2D eigenvalue weighted by Gasteiger charge is 2.45. The Morgan fingerprint density at radius 2 is 1.96 bits per heavy atom. The topological polar surface area (TPSA) is 209 Å². The van der Waals surface area contributed by atoms with Crippen LogP contribution in [-0.4, -0.2) is 38.3 Å². The predicted octanol–water partition coefficient (Wildman–Crippen LogP) is 0.534. The molecule has 0 rings (SSSR count). The molecule has 0 saturated carbocycles. The van der Waals surface area contributed by atoms with E-state index < -0.39 is 53.8 Å². The first kappa shape index (κ1) is 22.4. The molecule has 0 bridgehead atoms. The van der Waals surface area contributed by atoms with E-state index in [0.29, 0.717) is 0 Å². The fraction of sp³-hybridized carbons (Fsp3) is 0.571. The molecule has 3 unspecified atom stereocenters. The van der Waals surface area contributed by atoms with Gasteiger partial charge in [0.15, 0.2) is 0 Å². The number of rotatable bonds is 12. The van der Waals surface area contributed by atoms with Crippen LogP contribution in [0.3, 0.4) is 0 Å². The highest BCUT2D eigenvalue weighted by molar-refractivity contribution is 8.20. The predicted molar refractivity (Wildman–Crippen MR) is 68.9 cm³/mol. The van der Waals surface area contributed by atoms with E-state index in [1.165, 1.54) is 0 Å². The van der Waals surface area contributed by atoms with Crippen LogP contribution in [0.5, 0.6) is 0 Å². The molecule has 0 aliphatic rings. The lowest BCUT2D eigenvalue weighted by Gasteiger charge is -2.28. The van der Waals surface area contributed by atoms with Gasteiger partial charge in [-0.3, -0.25) is 13.8 Å². The van der Waals surface area contributed by atoms with Crippen LogP contribution < -0.4 is 4.89 Å². The molecule has 0 aromatic rings. The summed E-state index contributed by atoms with van der Waals surface area (Å²) in [5.41, 5.74) is -2.15. The van der Waals surface area contributed by atoms with Gasteiger partial charge in [-0.1, -0.05) is 20.4 Å².